The van der Waals surface area contributed by atoms with Gasteiger partial charge < -0.3 is 4.42 Å². The molecule has 0 aromatic carbocycles. The molecule has 0 bridgehead atoms. The monoisotopic (exact) mass is 356 g/mol. The number of rotatable bonds is 11. The number of hydrogen-bond acceptors (Lipinski definition) is 3. The molecule has 0 unspecified atom stereocenters. The molecule has 138 valence electrons. The maximum absolute atomic E-state index is 13.4. The molecule has 0 atom stereocenters. The number of furan rings is 1. The van der Waals surface area contributed by atoms with Gasteiger partial charge in [0.15, 0.2) is 0 Å². The molecule has 1 saturated carbocycles. The maximum Gasteiger partial charge on any atom is 0.282 e. The highest BCUT2D eigenvalue weighted by Crippen LogP contribution is 2.29. The second-order valence-electron chi connectivity index (χ2n) is 6.68. The topological polar surface area (TPSA) is 53.8 Å². The summed E-state index contributed by atoms with van der Waals surface area (Å²) in [7, 11) is -3.46. The Morgan fingerprint density at radius 3 is 2.25 bits per heavy atom. The summed E-state index contributed by atoms with van der Waals surface area (Å²) in [5.74, 6) is 0.719. The van der Waals surface area contributed by atoms with Gasteiger partial charge in [0.1, 0.15) is 5.76 Å². The molecule has 1 aliphatic rings. The van der Waals surface area contributed by atoms with E-state index in [9.17, 15) is 8.42 Å². The highest BCUT2D eigenvalue weighted by Gasteiger charge is 2.36. The highest BCUT2D eigenvalue weighted by atomic mass is 32.2. The molecular formula is C18H32N2O3S. The molecule has 0 amide bonds. The zero-order valence-corrected chi connectivity index (χ0v) is 15.9. The molecule has 1 aromatic rings. The van der Waals surface area contributed by atoms with Crippen LogP contribution in [0.2, 0.25) is 0 Å². The fourth-order valence-corrected chi connectivity index (χ4v) is 5.20. The summed E-state index contributed by atoms with van der Waals surface area (Å²) in [5, 5.41) is 0. The Bertz CT molecular complexity index is 543. The van der Waals surface area contributed by atoms with E-state index < -0.39 is 10.2 Å². The van der Waals surface area contributed by atoms with E-state index in [1.54, 1.807) is 14.9 Å². The van der Waals surface area contributed by atoms with Gasteiger partial charge in [-0.05, 0) is 37.8 Å². The van der Waals surface area contributed by atoms with Crippen molar-refractivity contribution in [3.8, 4) is 0 Å². The first-order chi connectivity index (χ1) is 11.6. The molecule has 0 spiro atoms. The van der Waals surface area contributed by atoms with Crippen LogP contribution in [0.25, 0.3) is 0 Å². The largest absolute Gasteiger partial charge is 0.468 e. The van der Waals surface area contributed by atoms with Crippen LogP contribution < -0.4 is 0 Å². The van der Waals surface area contributed by atoms with Crippen molar-refractivity contribution in [2.75, 3.05) is 13.1 Å². The predicted octanol–water partition coefficient (Wildman–Crippen LogP) is 4.17. The van der Waals surface area contributed by atoms with E-state index in [0.717, 1.165) is 57.1 Å². The van der Waals surface area contributed by atoms with Gasteiger partial charge in [-0.3, -0.25) is 0 Å². The van der Waals surface area contributed by atoms with Crippen LogP contribution >= 0.6 is 0 Å². The summed E-state index contributed by atoms with van der Waals surface area (Å²) in [5.41, 5.74) is 0. The highest BCUT2D eigenvalue weighted by molar-refractivity contribution is 7.86. The quantitative estimate of drug-likeness (QED) is 0.598. The molecule has 1 aromatic heterocycles. The van der Waals surface area contributed by atoms with Crippen LogP contribution in [0.4, 0.5) is 0 Å². The van der Waals surface area contributed by atoms with Crippen molar-refractivity contribution in [3.63, 3.8) is 0 Å². The minimum absolute atomic E-state index is 0.103. The van der Waals surface area contributed by atoms with E-state index in [-0.39, 0.29) is 6.04 Å². The Labute approximate surface area is 147 Å². The van der Waals surface area contributed by atoms with Crippen LogP contribution in [0, 0.1) is 0 Å². The number of hydrogen-bond donors (Lipinski definition) is 0. The molecule has 2 rings (SSSR count). The molecule has 6 heteroatoms. The van der Waals surface area contributed by atoms with E-state index in [1.807, 2.05) is 12.1 Å². The van der Waals surface area contributed by atoms with Crippen LogP contribution in [0.15, 0.2) is 22.8 Å². The Morgan fingerprint density at radius 2 is 1.75 bits per heavy atom. The lowest BCUT2D eigenvalue weighted by atomic mass is 10.2. The Balaban J connectivity index is 2.21. The fourth-order valence-electron chi connectivity index (χ4n) is 3.31. The molecule has 0 aliphatic heterocycles. The predicted molar refractivity (Wildman–Crippen MR) is 96.8 cm³/mol. The average molecular weight is 357 g/mol. The van der Waals surface area contributed by atoms with Gasteiger partial charge >= 0.3 is 0 Å². The van der Waals surface area contributed by atoms with Gasteiger partial charge in [0.2, 0.25) is 0 Å². The standard InChI is InChI=1S/C18H32N2O3S/c1-3-5-13-19(14-6-4-2)24(21,22)20(17-10-7-8-11-17)16-18-12-9-15-23-18/h9,12,15,17H,3-8,10-11,13-14,16H2,1-2H3. The molecule has 0 saturated heterocycles. The summed E-state index contributed by atoms with van der Waals surface area (Å²) in [6.07, 6.45) is 9.55. The fraction of sp³-hybridized carbons (Fsp3) is 0.778. The lowest BCUT2D eigenvalue weighted by Gasteiger charge is -2.33. The zero-order chi connectivity index (χ0) is 17.4. The van der Waals surface area contributed by atoms with Gasteiger partial charge in [0.05, 0.1) is 12.8 Å². The molecule has 24 heavy (non-hydrogen) atoms. The third-order valence-electron chi connectivity index (χ3n) is 4.77. The maximum atomic E-state index is 13.4. The summed E-state index contributed by atoms with van der Waals surface area (Å²) in [4.78, 5) is 0. The Hall–Kier alpha value is -0.850. The first-order valence-electron chi connectivity index (χ1n) is 9.38. The van der Waals surface area contributed by atoms with Crippen LogP contribution in [-0.4, -0.2) is 36.2 Å². The van der Waals surface area contributed by atoms with Crippen LogP contribution in [0.3, 0.4) is 0 Å². The Morgan fingerprint density at radius 1 is 1.12 bits per heavy atom. The normalized spacial score (nSPS) is 16.5. The second kappa shape index (κ2) is 9.59. The average Bonchev–Trinajstić information content (AvgIpc) is 3.25. The van der Waals surface area contributed by atoms with E-state index in [0.29, 0.717) is 19.6 Å². The third kappa shape index (κ3) is 5.07. The molecule has 5 nitrogen and oxygen atoms in total. The zero-order valence-electron chi connectivity index (χ0n) is 15.1. The molecule has 0 radical (unpaired) electrons. The van der Waals surface area contributed by atoms with Gasteiger partial charge in [-0.15, -0.1) is 0 Å². The van der Waals surface area contributed by atoms with Crippen molar-refractivity contribution >= 4 is 10.2 Å². The number of nitrogens with zero attached hydrogens (tertiary/aromatic N) is 2. The minimum atomic E-state index is -3.46. The van der Waals surface area contributed by atoms with Crippen molar-refractivity contribution in [1.29, 1.82) is 0 Å². The van der Waals surface area contributed by atoms with E-state index in [4.69, 9.17) is 4.42 Å². The van der Waals surface area contributed by atoms with Gasteiger partial charge in [-0.1, -0.05) is 39.5 Å². The molecular weight excluding hydrogens is 324 g/mol. The van der Waals surface area contributed by atoms with Crippen molar-refractivity contribution in [1.82, 2.24) is 8.61 Å². The number of unbranched alkanes of at least 4 members (excludes halogenated alkanes) is 2. The summed E-state index contributed by atoms with van der Waals surface area (Å²) in [6, 6.07) is 3.78. The van der Waals surface area contributed by atoms with Crippen molar-refractivity contribution in [2.45, 2.75) is 77.8 Å². The third-order valence-corrected chi connectivity index (χ3v) is 6.81. The molecule has 0 N–H and O–H groups in total. The van der Waals surface area contributed by atoms with Crippen molar-refractivity contribution in [2.24, 2.45) is 0 Å². The first-order valence-corrected chi connectivity index (χ1v) is 10.8. The van der Waals surface area contributed by atoms with Crippen molar-refractivity contribution < 1.29 is 12.8 Å². The smallest absolute Gasteiger partial charge is 0.282 e. The lowest BCUT2D eigenvalue weighted by Crippen LogP contribution is -2.48. The first kappa shape index (κ1) is 19.5. The van der Waals surface area contributed by atoms with E-state index in [2.05, 4.69) is 13.8 Å². The summed E-state index contributed by atoms with van der Waals surface area (Å²) < 4.78 is 35.6. The Kier molecular flexibility index (Phi) is 7.78. The van der Waals surface area contributed by atoms with E-state index >= 15 is 0 Å². The van der Waals surface area contributed by atoms with Gasteiger partial charge in [0.25, 0.3) is 10.2 Å². The minimum Gasteiger partial charge on any atom is -0.468 e. The van der Waals surface area contributed by atoms with E-state index in [1.165, 1.54) is 0 Å². The van der Waals surface area contributed by atoms with Gasteiger partial charge in [-0.25, -0.2) is 0 Å². The molecule has 1 aliphatic carbocycles. The summed E-state index contributed by atoms with van der Waals surface area (Å²) >= 11 is 0. The molecule has 1 fully saturated rings. The van der Waals surface area contributed by atoms with Crippen molar-refractivity contribution in [3.05, 3.63) is 24.2 Å². The second-order valence-corrected chi connectivity index (χ2v) is 8.56. The van der Waals surface area contributed by atoms with Crippen LogP contribution in [-0.2, 0) is 16.8 Å². The van der Waals surface area contributed by atoms with Gasteiger partial charge in [0, 0.05) is 19.1 Å². The molecule has 1 heterocycles. The van der Waals surface area contributed by atoms with Crippen LogP contribution in [0.5, 0.6) is 0 Å². The lowest BCUT2D eigenvalue weighted by molar-refractivity contribution is 0.259. The summed E-state index contributed by atoms with van der Waals surface area (Å²) in [6.45, 7) is 5.76. The van der Waals surface area contributed by atoms with Gasteiger partial charge in [-0.2, -0.15) is 17.0 Å². The van der Waals surface area contributed by atoms with Crippen LogP contribution in [0.1, 0.15) is 71.0 Å². The SMILES string of the molecule is CCCCN(CCCC)S(=O)(=O)N(Cc1ccco1)C1CCCC1.